The SMILES string of the molecule is CNC(CCCC1CCCO1)c1cscn1. The summed E-state index contributed by atoms with van der Waals surface area (Å²) in [5.74, 6) is 0. The first-order chi connectivity index (χ1) is 7.90. The summed E-state index contributed by atoms with van der Waals surface area (Å²) >= 11 is 1.67. The van der Waals surface area contributed by atoms with Crippen molar-refractivity contribution in [2.75, 3.05) is 13.7 Å². The fraction of sp³-hybridized carbons (Fsp3) is 0.750. The molecule has 1 fully saturated rings. The molecule has 0 spiro atoms. The van der Waals surface area contributed by atoms with Crippen LogP contribution in [0.2, 0.25) is 0 Å². The molecule has 0 amide bonds. The fourth-order valence-electron chi connectivity index (χ4n) is 2.26. The Morgan fingerprint density at radius 2 is 2.62 bits per heavy atom. The molecule has 2 atom stereocenters. The molecule has 0 saturated carbocycles. The average molecular weight is 240 g/mol. The molecule has 1 saturated heterocycles. The minimum Gasteiger partial charge on any atom is -0.378 e. The van der Waals surface area contributed by atoms with E-state index in [9.17, 15) is 0 Å². The van der Waals surface area contributed by atoms with Gasteiger partial charge in [0, 0.05) is 12.0 Å². The maximum absolute atomic E-state index is 5.63. The summed E-state index contributed by atoms with van der Waals surface area (Å²) in [5.41, 5.74) is 3.08. The standard InChI is InChI=1S/C12H20N2OS/c1-13-11(12-8-16-9-14-12)6-2-4-10-5-3-7-15-10/h8-11,13H,2-7H2,1H3. The summed E-state index contributed by atoms with van der Waals surface area (Å²) in [6.07, 6.45) is 6.58. The predicted octanol–water partition coefficient (Wildman–Crippen LogP) is 2.75. The highest BCUT2D eigenvalue weighted by Crippen LogP contribution is 2.22. The maximum Gasteiger partial charge on any atom is 0.0795 e. The molecule has 2 heterocycles. The normalized spacial score (nSPS) is 22.4. The van der Waals surface area contributed by atoms with Gasteiger partial charge in [-0.05, 0) is 39.2 Å². The molecule has 4 heteroatoms. The largest absolute Gasteiger partial charge is 0.378 e. The molecular weight excluding hydrogens is 220 g/mol. The molecule has 0 bridgehead atoms. The highest BCUT2D eigenvalue weighted by atomic mass is 32.1. The van der Waals surface area contributed by atoms with Gasteiger partial charge in [0.25, 0.3) is 0 Å². The van der Waals surface area contributed by atoms with Crippen molar-refractivity contribution in [3.05, 3.63) is 16.6 Å². The zero-order valence-electron chi connectivity index (χ0n) is 9.82. The Morgan fingerprint density at radius 1 is 1.69 bits per heavy atom. The van der Waals surface area contributed by atoms with Crippen molar-refractivity contribution < 1.29 is 4.74 Å². The molecule has 16 heavy (non-hydrogen) atoms. The molecule has 0 aromatic carbocycles. The second-order valence-corrected chi connectivity index (χ2v) is 5.04. The van der Waals surface area contributed by atoms with Crippen LogP contribution in [0, 0.1) is 0 Å². The average Bonchev–Trinajstić information content (AvgIpc) is 2.96. The van der Waals surface area contributed by atoms with E-state index in [1.807, 2.05) is 12.6 Å². The molecule has 3 nitrogen and oxygen atoms in total. The van der Waals surface area contributed by atoms with Gasteiger partial charge in [0.2, 0.25) is 0 Å². The molecule has 1 aromatic rings. The number of aromatic nitrogens is 1. The third kappa shape index (κ3) is 3.27. The summed E-state index contributed by atoms with van der Waals surface area (Å²) in [7, 11) is 2.01. The number of ether oxygens (including phenoxy) is 1. The Kier molecular flexibility index (Phi) is 4.75. The van der Waals surface area contributed by atoms with Gasteiger partial charge in [0.05, 0.1) is 23.4 Å². The molecular formula is C12H20N2OS. The number of rotatable bonds is 6. The van der Waals surface area contributed by atoms with E-state index in [0.717, 1.165) is 13.0 Å². The first-order valence-electron chi connectivity index (χ1n) is 6.07. The van der Waals surface area contributed by atoms with Crippen molar-refractivity contribution in [2.45, 2.75) is 44.2 Å². The number of hydrogen-bond donors (Lipinski definition) is 1. The lowest BCUT2D eigenvalue weighted by Gasteiger charge is -2.15. The molecule has 0 radical (unpaired) electrons. The Labute approximate surface area is 101 Å². The van der Waals surface area contributed by atoms with Gasteiger partial charge in [0.15, 0.2) is 0 Å². The van der Waals surface area contributed by atoms with Crippen LogP contribution in [0.4, 0.5) is 0 Å². The zero-order chi connectivity index (χ0) is 11.2. The second-order valence-electron chi connectivity index (χ2n) is 4.32. The molecule has 1 N–H and O–H groups in total. The van der Waals surface area contributed by atoms with E-state index < -0.39 is 0 Å². The van der Waals surface area contributed by atoms with Crippen LogP contribution in [0.3, 0.4) is 0 Å². The fourth-order valence-corrected chi connectivity index (χ4v) is 2.86. The number of nitrogens with one attached hydrogen (secondary N) is 1. The van der Waals surface area contributed by atoms with E-state index in [2.05, 4.69) is 15.7 Å². The monoisotopic (exact) mass is 240 g/mol. The number of hydrogen-bond acceptors (Lipinski definition) is 4. The first-order valence-corrected chi connectivity index (χ1v) is 7.01. The van der Waals surface area contributed by atoms with Crippen molar-refractivity contribution >= 4 is 11.3 Å². The topological polar surface area (TPSA) is 34.1 Å². The van der Waals surface area contributed by atoms with Crippen LogP contribution >= 0.6 is 11.3 Å². The summed E-state index contributed by atoms with van der Waals surface area (Å²) in [5, 5.41) is 5.47. The molecule has 1 aliphatic heterocycles. The van der Waals surface area contributed by atoms with Crippen LogP contribution < -0.4 is 5.32 Å². The van der Waals surface area contributed by atoms with Crippen LogP contribution in [0.5, 0.6) is 0 Å². The quantitative estimate of drug-likeness (QED) is 0.830. The van der Waals surface area contributed by atoms with Crippen molar-refractivity contribution in [1.29, 1.82) is 0 Å². The lowest BCUT2D eigenvalue weighted by Crippen LogP contribution is -2.17. The highest BCUT2D eigenvalue weighted by molar-refractivity contribution is 7.07. The third-order valence-electron chi connectivity index (χ3n) is 3.20. The van der Waals surface area contributed by atoms with Gasteiger partial charge in [-0.1, -0.05) is 0 Å². The number of thiazole rings is 1. The Balaban J connectivity index is 1.71. The van der Waals surface area contributed by atoms with Gasteiger partial charge in [-0.3, -0.25) is 0 Å². The third-order valence-corrected chi connectivity index (χ3v) is 3.80. The predicted molar refractivity (Wildman–Crippen MR) is 66.7 cm³/mol. The summed E-state index contributed by atoms with van der Waals surface area (Å²) in [4.78, 5) is 4.36. The molecule has 2 unspecified atom stereocenters. The van der Waals surface area contributed by atoms with Crippen LogP contribution in [0.15, 0.2) is 10.9 Å². The van der Waals surface area contributed by atoms with Gasteiger partial charge >= 0.3 is 0 Å². The van der Waals surface area contributed by atoms with E-state index in [0.29, 0.717) is 12.1 Å². The van der Waals surface area contributed by atoms with Crippen molar-refractivity contribution in [3.63, 3.8) is 0 Å². The van der Waals surface area contributed by atoms with Crippen LogP contribution in [-0.4, -0.2) is 24.7 Å². The second kappa shape index (κ2) is 6.33. The Morgan fingerprint density at radius 3 is 3.25 bits per heavy atom. The maximum atomic E-state index is 5.63. The van der Waals surface area contributed by atoms with E-state index in [1.54, 1.807) is 11.3 Å². The summed E-state index contributed by atoms with van der Waals surface area (Å²) in [6.45, 7) is 0.964. The van der Waals surface area contributed by atoms with E-state index in [4.69, 9.17) is 4.74 Å². The first kappa shape index (κ1) is 12.0. The molecule has 1 aromatic heterocycles. The van der Waals surface area contributed by atoms with Crippen molar-refractivity contribution in [2.24, 2.45) is 0 Å². The zero-order valence-corrected chi connectivity index (χ0v) is 10.6. The van der Waals surface area contributed by atoms with E-state index in [1.165, 1.54) is 31.4 Å². The minimum atomic E-state index is 0.410. The molecule has 0 aliphatic carbocycles. The van der Waals surface area contributed by atoms with Crippen molar-refractivity contribution in [1.82, 2.24) is 10.3 Å². The molecule has 1 aliphatic rings. The van der Waals surface area contributed by atoms with Gasteiger partial charge in [0.1, 0.15) is 0 Å². The van der Waals surface area contributed by atoms with Crippen molar-refractivity contribution in [3.8, 4) is 0 Å². The van der Waals surface area contributed by atoms with Gasteiger partial charge in [-0.25, -0.2) is 4.98 Å². The van der Waals surface area contributed by atoms with E-state index >= 15 is 0 Å². The highest BCUT2D eigenvalue weighted by Gasteiger charge is 2.16. The van der Waals surface area contributed by atoms with Crippen LogP contribution in [-0.2, 0) is 4.74 Å². The molecule has 2 rings (SSSR count). The Bertz CT molecular complexity index is 283. The Hall–Kier alpha value is -0.450. The number of nitrogens with zero attached hydrogens (tertiary/aromatic N) is 1. The van der Waals surface area contributed by atoms with Gasteiger partial charge in [-0.2, -0.15) is 0 Å². The summed E-state index contributed by atoms with van der Waals surface area (Å²) in [6, 6.07) is 0.410. The lowest BCUT2D eigenvalue weighted by molar-refractivity contribution is 0.101. The lowest BCUT2D eigenvalue weighted by atomic mass is 10.0. The van der Waals surface area contributed by atoms with Crippen LogP contribution in [0.25, 0.3) is 0 Å². The smallest absolute Gasteiger partial charge is 0.0795 e. The minimum absolute atomic E-state index is 0.410. The van der Waals surface area contributed by atoms with E-state index in [-0.39, 0.29) is 0 Å². The molecule has 90 valence electrons. The van der Waals surface area contributed by atoms with Crippen LogP contribution in [0.1, 0.15) is 43.8 Å². The van der Waals surface area contributed by atoms with Gasteiger partial charge in [-0.15, -0.1) is 11.3 Å². The summed E-state index contributed by atoms with van der Waals surface area (Å²) < 4.78 is 5.63. The van der Waals surface area contributed by atoms with Gasteiger partial charge < -0.3 is 10.1 Å².